The third kappa shape index (κ3) is 7.32. The fraction of sp³-hybridized carbons (Fsp3) is 0.588. The Morgan fingerprint density at radius 2 is 1.81 bits per heavy atom. The van der Waals surface area contributed by atoms with E-state index < -0.39 is 9.84 Å². The summed E-state index contributed by atoms with van der Waals surface area (Å²) in [6, 6.07) is 8.85. The van der Waals surface area contributed by atoms with Gasteiger partial charge in [-0.1, -0.05) is 28.1 Å². The monoisotopic (exact) mass is 558 g/mol. The smallest absolute Gasteiger partial charge is 0.193 e. The zero-order valence-electron chi connectivity index (χ0n) is 15.5. The van der Waals surface area contributed by atoms with E-state index in [0.717, 1.165) is 36.6 Å². The number of sulfone groups is 1. The Hall–Kier alpha value is -0.390. The summed E-state index contributed by atoms with van der Waals surface area (Å²) in [5.41, 5.74) is 1.31. The van der Waals surface area contributed by atoms with E-state index in [9.17, 15) is 8.42 Å². The average molecular weight is 559 g/mol. The second-order valence-corrected chi connectivity index (χ2v) is 9.53. The molecule has 0 aliphatic carbocycles. The van der Waals surface area contributed by atoms with Gasteiger partial charge in [-0.05, 0) is 24.6 Å². The van der Waals surface area contributed by atoms with Crippen LogP contribution in [0.4, 0.5) is 0 Å². The van der Waals surface area contributed by atoms with Crippen LogP contribution in [0.5, 0.6) is 0 Å². The number of guanidine groups is 1. The first kappa shape index (κ1) is 23.6. The van der Waals surface area contributed by atoms with Gasteiger partial charge in [-0.15, -0.1) is 24.0 Å². The van der Waals surface area contributed by atoms with Crippen LogP contribution in [0.3, 0.4) is 0 Å². The van der Waals surface area contributed by atoms with Crippen molar-refractivity contribution in [3.8, 4) is 0 Å². The van der Waals surface area contributed by atoms with Crippen molar-refractivity contribution in [1.82, 2.24) is 15.1 Å². The SMILES string of the molecule is CN=C(NCCS(C)(=O)=O)N1CCN(C(C)c2ccc(Br)cc2)CC1.I. The lowest BCUT2D eigenvalue weighted by molar-refractivity contribution is 0.138. The largest absolute Gasteiger partial charge is 0.355 e. The van der Waals surface area contributed by atoms with Gasteiger partial charge in [0.2, 0.25) is 0 Å². The van der Waals surface area contributed by atoms with Crippen LogP contribution in [-0.2, 0) is 9.84 Å². The maximum absolute atomic E-state index is 11.2. The van der Waals surface area contributed by atoms with E-state index in [4.69, 9.17) is 0 Å². The number of benzene rings is 1. The maximum atomic E-state index is 11.2. The maximum Gasteiger partial charge on any atom is 0.193 e. The fourth-order valence-electron chi connectivity index (χ4n) is 2.95. The number of hydrogen-bond acceptors (Lipinski definition) is 4. The lowest BCUT2D eigenvalue weighted by atomic mass is 10.1. The molecule has 1 aromatic carbocycles. The summed E-state index contributed by atoms with van der Waals surface area (Å²) in [6.07, 6.45) is 1.25. The quantitative estimate of drug-likeness (QED) is 0.341. The van der Waals surface area contributed by atoms with Crippen molar-refractivity contribution in [2.45, 2.75) is 13.0 Å². The van der Waals surface area contributed by atoms with Gasteiger partial charge in [0.15, 0.2) is 5.96 Å². The summed E-state index contributed by atoms with van der Waals surface area (Å²) in [4.78, 5) is 8.93. The fourth-order valence-corrected chi connectivity index (χ4v) is 3.69. The third-order valence-corrected chi connectivity index (χ3v) is 5.96. The van der Waals surface area contributed by atoms with Gasteiger partial charge in [-0.3, -0.25) is 9.89 Å². The molecule has 26 heavy (non-hydrogen) atoms. The molecule has 0 saturated carbocycles. The highest BCUT2D eigenvalue weighted by molar-refractivity contribution is 14.0. The Balaban J connectivity index is 0.00000338. The molecule has 0 spiro atoms. The van der Waals surface area contributed by atoms with E-state index in [0.29, 0.717) is 12.6 Å². The first-order valence-corrected chi connectivity index (χ1v) is 11.3. The molecule has 1 unspecified atom stereocenters. The summed E-state index contributed by atoms with van der Waals surface area (Å²) >= 11 is 3.48. The van der Waals surface area contributed by atoms with Gasteiger partial charge < -0.3 is 10.2 Å². The molecule has 0 aromatic heterocycles. The van der Waals surface area contributed by atoms with Crippen molar-refractivity contribution in [1.29, 1.82) is 0 Å². The predicted octanol–water partition coefficient (Wildman–Crippen LogP) is 2.37. The van der Waals surface area contributed by atoms with E-state index >= 15 is 0 Å². The van der Waals surface area contributed by atoms with E-state index in [1.165, 1.54) is 11.8 Å². The van der Waals surface area contributed by atoms with Crippen LogP contribution in [0.15, 0.2) is 33.7 Å². The lowest BCUT2D eigenvalue weighted by Crippen LogP contribution is -2.53. The van der Waals surface area contributed by atoms with Crippen molar-refractivity contribution in [2.24, 2.45) is 4.99 Å². The van der Waals surface area contributed by atoms with Crippen molar-refractivity contribution >= 4 is 55.7 Å². The van der Waals surface area contributed by atoms with Gasteiger partial charge in [0.25, 0.3) is 0 Å². The summed E-state index contributed by atoms with van der Waals surface area (Å²) in [5, 5.41) is 3.15. The van der Waals surface area contributed by atoms with Gasteiger partial charge >= 0.3 is 0 Å². The number of piperazine rings is 1. The van der Waals surface area contributed by atoms with Gasteiger partial charge in [0.05, 0.1) is 5.75 Å². The van der Waals surface area contributed by atoms with Crippen LogP contribution in [0.25, 0.3) is 0 Å². The van der Waals surface area contributed by atoms with E-state index in [1.54, 1.807) is 7.05 Å². The Morgan fingerprint density at radius 3 is 2.31 bits per heavy atom. The minimum Gasteiger partial charge on any atom is -0.355 e. The highest BCUT2D eigenvalue weighted by Crippen LogP contribution is 2.23. The van der Waals surface area contributed by atoms with E-state index in [1.807, 2.05) is 0 Å². The summed E-state index contributed by atoms with van der Waals surface area (Å²) in [6.45, 7) is 6.27. The lowest BCUT2D eigenvalue weighted by Gasteiger charge is -2.39. The van der Waals surface area contributed by atoms with Gasteiger partial charge in [-0.2, -0.15) is 0 Å². The molecule has 0 bridgehead atoms. The average Bonchev–Trinajstić information content (AvgIpc) is 2.58. The topological polar surface area (TPSA) is 65.0 Å². The third-order valence-electron chi connectivity index (χ3n) is 4.48. The standard InChI is InChI=1S/C17H27BrN4O2S.HI/c1-14(15-4-6-16(18)7-5-15)21-9-11-22(12-10-21)17(19-2)20-8-13-25(3,23)24;/h4-7,14H,8-13H2,1-3H3,(H,19,20);1H. The first-order chi connectivity index (χ1) is 11.8. The Morgan fingerprint density at radius 1 is 1.23 bits per heavy atom. The zero-order chi connectivity index (χ0) is 18.4. The van der Waals surface area contributed by atoms with Crippen LogP contribution < -0.4 is 5.32 Å². The van der Waals surface area contributed by atoms with Gasteiger partial charge in [-0.25, -0.2) is 8.42 Å². The number of nitrogens with one attached hydrogen (secondary N) is 1. The number of aliphatic imine (C=N–C) groups is 1. The molecule has 1 fully saturated rings. The van der Waals surface area contributed by atoms with Crippen LogP contribution in [0.1, 0.15) is 18.5 Å². The molecule has 1 N–H and O–H groups in total. The predicted molar refractivity (Wildman–Crippen MR) is 122 cm³/mol. The van der Waals surface area contributed by atoms with Gasteiger partial charge in [0, 0.05) is 56.5 Å². The molecule has 1 aliphatic rings. The molecule has 1 saturated heterocycles. The highest BCUT2D eigenvalue weighted by Gasteiger charge is 2.23. The van der Waals surface area contributed by atoms with Crippen LogP contribution in [0, 0.1) is 0 Å². The zero-order valence-corrected chi connectivity index (χ0v) is 20.2. The molecule has 1 aliphatic heterocycles. The summed E-state index contributed by atoms with van der Waals surface area (Å²) in [7, 11) is -1.22. The normalized spacial score (nSPS) is 17.5. The minimum atomic E-state index is -2.96. The number of hydrogen-bond donors (Lipinski definition) is 1. The van der Waals surface area contributed by atoms with Crippen molar-refractivity contribution in [3.63, 3.8) is 0 Å². The molecule has 0 amide bonds. The number of rotatable bonds is 5. The summed E-state index contributed by atoms with van der Waals surface area (Å²) in [5.74, 6) is 0.895. The van der Waals surface area contributed by atoms with Crippen LogP contribution >= 0.6 is 39.9 Å². The van der Waals surface area contributed by atoms with Gasteiger partial charge in [0.1, 0.15) is 9.84 Å². The van der Waals surface area contributed by atoms with Crippen LogP contribution in [0.2, 0.25) is 0 Å². The summed E-state index contributed by atoms with van der Waals surface area (Å²) < 4.78 is 23.6. The molecule has 1 aromatic rings. The second-order valence-electron chi connectivity index (χ2n) is 6.35. The molecular weight excluding hydrogens is 531 g/mol. The first-order valence-electron chi connectivity index (χ1n) is 8.43. The Kier molecular flexibility index (Phi) is 9.84. The Labute approximate surface area is 182 Å². The molecule has 0 radical (unpaired) electrons. The molecular formula is C17H28BrIN4O2S. The second kappa shape index (κ2) is 10.8. The minimum absolute atomic E-state index is 0. The number of halogens is 2. The highest BCUT2D eigenvalue weighted by atomic mass is 127. The molecule has 148 valence electrons. The van der Waals surface area contributed by atoms with E-state index in [2.05, 4.69) is 67.2 Å². The molecule has 1 heterocycles. The van der Waals surface area contributed by atoms with Crippen LogP contribution in [-0.4, -0.2) is 76.0 Å². The number of nitrogens with zero attached hydrogens (tertiary/aromatic N) is 3. The van der Waals surface area contributed by atoms with Crippen molar-refractivity contribution in [2.75, 3.05) is 51.8 Å². The van der Waals surface area contributed by atoms with Crippen molar-refractivity contribution < 1.29 is 8.42 Å². The molecule has 9 heteroatoms. The molecule has 6 nitrogen and oxygen atoms in total. The molecule has 1 atom stereocenters. The Bertz CT molecular complexity index is 689. The van der Waals surface area contributed by atoms with Crippen molar-refractivity contribution in [3.05, 3.63) is 34.3 Å². The molecule has 2 rings (SSSR count). The van der Waals surface area contributed by atoms with E-state index in [-0.39, 0.29) is 29.7 Å².